The van der Waals surface area contributed by atoms with Gasteiger partial charge in [0.25, 0.3) is 0 Å². The number of nitrogens with one attached hydrogen (secondary N) is 1. The highest BCUT2D eigenvalue weighted by Gasteiger charge is 2.23. The van der Waals surface area contributed by atoms with Gasteiger partial charge in [-0.2, -0.15) is 0 Å². The molecule has 0 aromatic rings. The highest BCUT2D eigenvalue weighted by molar-refractivity contribution is 5.87. The summed E-state index contributed by atoms with van der Waals surface area (Å²) in [5, 5.41) is 3.31. The van der Waals surface area contributed by atoms with Crippen molar-refractivity contribution in [2.75, 3.05) is 7.05 Å². The topological polar surface area (TPSA) is 24.4 Å². The summed E-state index contributed by atoms with van der Waals surface area (Å²) in [6.07, 6.45) is 3.44. The minimum absolute atomic E-state index is 0.582. The van der Waals surface area contributed by atoms with Crippen molar-refractivity contribution in [1.82, 2.24) is 5.32 Å². The first-order chi connectivity index (χ1) is 5.69. The minimum atomic E-state index is 0.582. The maximum absolute atomic E-state index is 4.27. The lowest BCUT2D eigenvalue weighted by Gasteiger charge is -2.28. The Morgan fingerprint density at radius 1 is 1.58 bits per heavy atom. The Bertz CT molecular complexity index is 216. The van der Waals surface area contributed by atoms with Crippen molar-refractivity contribution >= 4 is 5.84 Å². The lowest BCUT2D eigenvalue weighted by atomic mass is 9.87. The van der Waals surface area contributed by atoms with Crippen molar-refractivity contribution < 1.29 is 0 Å². The van der Waals surface area contributed by atoms with Crippen LogP contribution in [0, 0.1) is 11.8 Å². The van der Waals surface area contributed by atoms with E-state index in [4.69, 9.17) is 0 Å². The molecular formula is C10H18N2. The van der Waals surface area contributed by atoms with Crippen molar-refractivity contribution in [3.8, 4) is 0 Å². The maximum atomic E-state index is 4.27. The van der Waals surface area contributed by atoms with Crippen molar-refractivity contribution in [3.05, 3.63) is 11.8 Å². The van der Waals surface area contributed by atoms with E-state index in [1.807, 2.05) is 7.05 Å². The van der Waals surface area contributed by atoms with Crippen LogP contribution in [-0.2, 0) is 0 Å². The summed E-state index contributed by atoms with van der Waals surface area (Å²) in [5.41, 5.74) is 1.23. The van der Waals surface area contributed by atoms with Crippen LogP contribution in [0.5, 0.6) is 0 Å². The summed E-state index contributed by atoms with van der Waals surface area (Å²) >= 11 is 0. The molecule has 1 aliphatic rings. The molecule has 2 atom stereocenters. The second-order valence-electron chi connectivity index (χ2n) is 3.46. The molecule has 2 heteroatoms. The zero-order chi connectivity index (χ0) is 9.14. The number of nitrogens with zero attached hydrogens (tertiary/aromatic N) is 1. The molecule has 0 aromatic heterocycles. The average Bonchev–Trinajstić information content (AvgIpc) is 2.03. The van der Waals surface area contributed by atoms with Gasteiger partial charge in [-0.1, -0.05) is 19.9 Å². The third kappa shape index (κ3) is 1.68. The molecule has 0 saturated heterocycles. The summed E-state index contributed by atoms with van der Waals surface area (Å²) in [7, 11) is 1.86. The van der Waals surface area contributed by atoms with Gasteiger partial charge in [-0.05, 0) is 19.3 Å². The lowest BCUT2D eigenvalue weighted by molar-refractivity contribution is 0.498. The first-order valence-corrected chi connectivity index (χ1v) is 4.61. The first kappa shape index (κ1) is 9.30. The second-order valence-corrected chi connectivity index (χ2v) is 3.46. The number of allylic oxidation sites excluding steroid dienone is 2. The Kier molecular flexibility index (Phi) is 2.90. The minimum Gasteiger partial charge on any atom is -0.348 e. The predicted molar refractivity (Wildman–Crippen MR) is 53.2 cm³/mol. The van der Waals surface area contributed by atoms with Gasteiger partial charge in [-0.25, -0.2) is 0 Å². The number of rotatable bonds is 1. The molecule has 1 aliphatic heterocycles. The van der Waals surface area contributed by atoms with Crippen molar-refractivity contribution in [2.24, 2.45) is 16.8 Å². The molecule has 0 spiro atoms. The summed E-state index contributed by atoms with van der Waals surface area (Å²) in [4.78, 5) is 4.27. The zero-order valence-corrected chi connectivity index (χ0v) is 8.39. The normalized spacial score (nSPS) is 33.0. The maximum Gasteiger partial charge on any atom is 0.104 e. The second kappa shape index (κ2) is 3.74. The van der Waals surface area contributed by atoms with Gasteiger partial charge in [0.2, 0.25) is 0 Å². The Hall–Kier alpha value is -0.790. The van der Waals surface area contributed by atoms with Crippen LogP contribution in [0.4, 0.5) is 0 Å². The Balaban J connectivity index is 2.86. The molecule has 1 N–H and O–H groups in total. The zero-order valence-electron chi connectivity index (χ0n) is 8.39. The van der Waals surface area contributed by atoms with Crippen LogP contribution in [0.25, 0.3) is 0 Å². The van der Waals surface area contributed by atoms with E-state index in [-0.39, 0.29) is 0 Å². The van der Waals surface area contributed by atoms with Gasteiger partial charge < -0.3 is 5.32 Å². The summed E-state index contributed by atoms with van der Waals surface area (Å²) in [5.74, 6) is 2.35. The Morgan fingerprint density at radius 2 is 2.25 bits per heavy atom. The highest BCUT2D eigenvalue weighted by atomic mass is 15.0. The molecule has 0 radical (unpaired) electrons. The quantitative estimate of drug-likeness (QED) is 0.634. The molecule has 0 saturated carbocycles. The van der Waals surface area contributed by atoms with Crippen molar-refractivity contribution in [3.63, 3.8) is 0 Å². The van der Waals surface area contributed by atoms with Crippen LogP contribution in [0.2, 0.25) is 0 Å². The molecule has 1 heterocycles. The van der Waals surface area contributed by atoms with Crippen LogP contribution < -0.4 is 5.32 Å². The molecule has 2 unspecified atom stereocenters. The lowest BCUT2D eigenvalue weighted by Crippen LogP contribution is -2.36. The smallest absolute Gasteiger partial charge is 0.104 e. The van der Waals surface area contributed by atoms with E-state index in [0.29, 0.717) is 11.8 Å². The Labute approximate surface area is 74.8 Å². The van der Waals surface area contributed by atoms with Crippen molar-refractivity contribution in [2.45, 2.75) is 27.2 Å². The summed E-state index contributed by atoms with van der Waals surface area (Å²) < 4.78 is 0. The van der Waals surface area contributed by atoms with Crippen LogP contribution in [0.1, 0.15) is 27.2 Å². The highest BCUT2D eigenvalue weighted by Crippen LogP contribution is 2.22. The van der Waals surface area contributed by atoms with Gasteiger partial charge in [0, 0.05) is 18.7 Å². The fraction of sp³-hybridized carbons (Fsp3) is 0.700. The largest absolute Gasteiger partial charge is 0.348 e. The molecule has 12 heavy (non-hydrogen) atoms. The standard InChI is InChI=1S/C10H18N2/c1-5-9-7(2)6-8(3)12-10(9)11-4/h6-7,9H,5H2,1-4H3,(H,11,12). The van der Waals surface area contributed by atoms with Crippen LogP contribution in [0.3, 0.4) is 0 Å². The van der Waals surface area contributed by atoms with E-state index in [0.717, 1.165) is 12.3 Å². The molecule has 2 nitrogen and oxygen atoms in total. The van der Waals surface area contributed by atoms with E-state index in [9.17, 15) is 0 Å². The van der Waals surface area contributed by atoms with Crippen LogP contribution in [0.15, 0.2) is 16.8 Å². The summed E-state index contributed by atoms with van der Waals surface area (Å²) in [6.45, 7) is 6.56. The van der Waals surface area contributed by atoms with Gasteiger partial charge in [-0.3, -0.25) is 4.99 Å². The van der Waals surface area contributed by atoms with Crippen LogP contribution >= 0.6 is 0 Å². The van der Waals surface area contributed by atoms with E-state index >= 15 is 0 Å². The molecule has 1 rings (SSSR count). The van der Waals surface area contributed by atoms with Gasteiger partial charge in [0.05, 0.1) is 0 Å². The molecule has 0 bridgehead atoms. The van der Waals surface area contributed by atoms with Gasteiger partial charge >= 0.3 is 0 Å². The number of hydrogen-bond acceptors (Lipinski definition) is 1. The third-order valence-electron chi connectivity index (χ3n) is 2.50. The Morgan fingerprint density at radius 3 is 2.75 bits per heavy atom. The van der Waals surface area contributed by atoms with E-state index in [2.05, 4.69) is 37.2 Å². The number of aliphatic imine (C=N–C) groups is 1. The molecule has 0 fully saturated rings. The van der Waals surface area contributed by atoms with E-state index in [1.165, 1.54) is 5.70 Å². The van der Waals surface area contributed by atoms with Gasteiger partial charge in [-0.15, -0.1) is 0 Å². The molecule has 0 amide bonds. The fourth-order valence-electron chi connectivity index (χ4n) is 1.88. The molecular weight excluding hydrogens is 148 g/mol. The fourth-order valence-corrected chi connectivity index (χ4v) is 1.88. The van der Waals surface area contributed by atoms with Crippen LogP contribution in [-0.4, -0.2) is 12.9 Å². The number of hydrogen-bond donors (Lipinski definition) is 1. The number of amidine groups is 1. The van der Waals surface area contributed by atoms with E-state index in [1.54, 1.807) is 0 Å². The first-order valence-electron chi connectivity index (χ1n) is 4.61. The van der Waals surface area contributed by atoms with Gasteiger partial charge in [0.1, 0.15) is 5.84 Å². The molecule has 0 aromatic carbocycles. The van der Waals surface area contributed by atoms with Crippen molar-refractivity contribution in [1.29, 1.82) is 0 Å². The molecule has 68 valence electrons. The SMILES string of the molecule is CCC1C(=NC)NC(C)=CC1C. The van der Waals surface area contributed by atoms with Gasteiger partial charge in [0.15, 0.2) is 0 Å². The predicted octanol–water partition coefficient (Wildman–Crippen LogP) is 2.18. The summed E-state index contributed by atoms with van der Waals surface area (Å²) in [6, 6.07) is 0. The monoisotopic (exact) mass is 166 g/mol. The average molecular weight is 166 g/mol. The van der Waals surface area contributed by atoms with E-state index < -0.39 is 0 Å². The molecule has 0 aliphatic carbocycles. The third-order valence-corrected chi connectivity index (χ3v) is 2.50.